The van der Waals surface area contributed by atoms with E-state index in [1.807, 2.05) is 43.3 Å². The lowest BCUT2D eigenvalue weighted by Crippen LogP contribution is -1.98. The molecule has 0 bridgehead atoms. The second-order valence-electron chi connectivity index (χ2n) is 3.50. The largest absolute Gasteiger partial charge is 0.397 e. The van der Waals surface area contributed by atoms with Crippen molar-refractivity contribution in [2.75, 3.05) is 11.1 Å². The minimum Gasteiger partial charge on any atom is -0.397 e. The zero-order chi connectivity index (χ0) is 11.5. The summed E-state index contributed by atoms with van der Waals surface area (Å²) in [5, 5.41) is 3.89. The third-order valence-electron chi connectivity index (χ3n) is 2.24. The van der Waals surface area contributed by atoms with E-state index in [0.717, 1.165) is 17.2 Å². The molecule has 0 aliphatic heterocycles. The van der Waals surface area contributed by atoms with E-state index in [0.29, 0.717) is 10.7 Å². The number of pyridine rings is 1. The summed E-state index contributed by atoms with van der Waals surface area (Å²) in [5.74, 6) is 0.772. The van der Waals surface area contributed by atoms with Crippen LogP contribution in [0.3, 0.4) is 0 Å². The molecule has 1 aromatic carbocycles. The quantitative estimate of drug-likeness (QED) is 0.836. The van der Waals surface area contributed by atoms with Crippen LogP contribution in [-0.4, -0.2) is 4.98 Å². The van der Waals surface area contributed by atoms with E-state index in [2.05, 4.69) is 10.3 Å². The van der Waals surface area contributed by atoms with Crippen LogP contribution >= 0.6 is 11.6 Å². The van der Waals surface area contributed by atoms with Crippen LogP contribution in [0.1, 0.15) is 5.69 Å². The number of aryl methyl sites for hydroxylation is 1. The highest BCUT2D eigenvalue weighted by Crippen LogP contribution is 2.19. The molecule has 0 amide bonds. The Morgan fingerprint density at radius 1 is 1.12 bits per heavy atom. The third-order valence-corrected chi connectivity index (χ3v) is 2.50. The Bertz CT molecular complexity index is 494. The highest BCUT2D eigenvalue weighted by Gasteiger charge is 1.99. The first-order chi connectivity index (χ1) is 7.65. The Kier molecular flexibility index (Phi) is 2.97. The normalized spacial score (nSPS) is 10.1. The van der Waals surface area contributed by atoms with E-state index in [9.17, 15) is 0 Å². The fourth-order valence-electron chi connectivity index (χ4n) is 1.32. The molecule has 0 fully saturated rings. The van der Waals surface area contributed by atoms with E-state index >= 15 is 0 Å². The minimum absolute atomic E-state index is 0.696. The summed E-state index contributed by atoms with van der Waals surface area (Å²) in [6.45, 7) is 1.88. The van der Waals surface area contributed by atoms with Gasteiger partial charge in [0, 0.05) is 10.7 Å². The fraction of sp³-hybridized carbons (Fsp3) is 0.0833. The van der Waals surface area contributed by atoms with Crippen molar-refractivity contribution < 1.29 is 0 Å². The number of nitrogens with one attached hydrogen (secondary N) is 1. The van der Waals surface area contributed by atoms with Gasteiger partial charge < -0.3 is 11.1 Å². The number of benzene rings is 1. The molecule has 0 aliphatic carbocycles. The SMILES string of the molecule is Cc1nc(Nc2ccc(Cl)cc2)ccc1N. The maximum Gasteiger partial charge on any atom is 0.130 e. The summed E-state index contributed by atoms with van der Waals surface area (Å²) in [7, 11) is 0. The molecule has 1 aromatic heterocycles. The topological polar surface area (TPSA) is 50.9 Å². The number of anilines is 3. The van der Waals surface area contributed by atoms with E-state index < -0.39 is 0 Å². The lowest BCUT2D eigenvalue weighted by Gasteiger charge is -2.07. The monoisotopic (exact) mass is 233 g/mol. The van der Waals surface area contributed by atoms with E-state index in [4.69, 9.17) is 17.3 Å². The van der Waals surface area contributed by atoms with Crippen LogP contribution in [0.5, 0.6) is 0 Å². The molecule has 82 valence electrons. The second-order valence-corrected chi connectivity index (χ2v) is 3.94. The number of aromatic nitrogens is 1. The molecular weight excluding hydrogens is 222 g/mol. The minimum atomic E-state index is 0.696. The molecule has 2 aromatic rings. The van der Waals surface area contributed by atoms with Crippen LogP contribution in [0.25, 0.3) is 0 Å². The standard InChI is InChI=1S/C12H12ClN3/c1-8-11(14)6-7-12(15-8)16-10-4-2-9(13)3-5-10/h2-7H,14H2,1H3,(H,15,16). The van der Waals surface area contributed by atoms with Gasteiger partial charge in [-0.1, -0.05) is 11.6 Å². The summed E-state index contributed by atoms with van der Waals surface area (Å²) in [4.78, 5) is 4.32. The molecule has 3 N–H and O–H groups in total. The summed E-state index contributed by atoms with van der Waals surface area (Å²) < 4.78 is 0. The van der Waals surface area contributed by atoms with Gasteiger partial charge in [0.25, 0.3) is 0 Å². The molecule has 0 radical (unpaired) electrons. The molecule has 0 atom stereocenters. The summed E-state index contributed by atoms with van der Waals surface area (Å²) >= 11 is 5.80. The number of nitrogens with two attached hydrogens (primary N) is 1. The molecule has 3 nitrogen and oxygen atoms in total. The smallest absolute Gasteiger partial charge is 0.130 e. The van der Waals surface area contributed by atoms with Gasteiger partial charge in [-0.05, 0) is 43.3 Å². The molecule has 0 spiro atoms. The van der Waals surface area contributed by atoms with Crippen molar-refractivity contribution in [1.29, 1.82) is 0 Å². The first kappa shape index (κ1) is 10.8. The van der Waals surface area contributed by atoms with Crippen LogP contribution in [0, 0.1) is 6.92 Å². The van der Waals surface area contributed by atoms with Crippen molar-refractivity contribution in [3.8, 4) is 0 Å². The maximum absolute atomic E-state index is 5.80. The first-order valence-electron chi connectivity index (χ1n) is 4.91. The van der Waals surface area contributed by atoms with E-state index in [-0.39, 0.29) is 0 Å². The van der Waals surface area contributed by atoms with Gasteiger partial charge in [-0.2, -0.15) is 0 Å². The Balaban J connectivity index is 2.20. The Morgan fingerprint density at radius 2 is 1.81 bits per heavy atom. The lowest BCUT2D eigenvalue weighted by molar-refractivity contribution is 1.20. The van der Waals surface area contributed by atoms with Crippen LogP contribution in [0.15, 0.2) is 36.4 Å². The number of hydrogen-bond acceptors (Lipinski definition) is 3. The average Bonchev–Trinajstić information content (AvgIpc) is 2.27. The molecule has 0 saturated carbocycles. The van der Waals surface area contributed by atoms with Crippen molar-refractivity contribution in [2.45, 2.75) is 6.92 Å². The predicted octanol–water partition coefficient (Wildman–Crippen LogP) is 3.37. The molecule has 16 heavy (non-hydrogen) atoms. The Morgan fingerprint density at radius 3 is 2.44 bits per heavy atom. The molecule has 0 aliphatic rings. The summed E-state index contributed by atoms with van der Waals surface area (Å²) in [6.07, 6.45) is 0. The lowest BCUT2D eigenvalue weighted by atomic mass is 10.3. The number of halogens is 1. The van der Waals surface area contributed by atoms with Crippen LogP contribution in [0.2, 0.25) is 5.02 Å². The third kappa shape index (κ3) is 2.44. The van der Waals surface area contributed by atoms with E-state index in [1.54, 1.807) is 0 Å². The van der Waals surface area contributed by atoms with Crippen molar-refractivity contribution in [3.05, 3.63) is 47.1 Å². The number of hydrogen-bond donors (Lipinski definition) is 2. The Hall–Kier alpha value is -1.74. The molecule has 2 rings (SSSR count). The van der Waals surface area contributed by atoms with Crippen molar-refractivity contribution in [2.24, 2.45) is 0 Å². The van der Waals surface area contributed by atoms with Crippen LogP contribution in [-0.2, 0) is 0 Å². The van der Waals surface area contributed by atoms with Gasteiger partial charge in [-0.3, -0.25) is 0 Å². The summed E-state index contributed by atoms with van der Waals surface area (Å²) in [6, 6.07) is 11.1. The molecule has 1 heterocycles. The van der Waals surface area contributed by atoms with Gasteiger partial charge in [-0.15, -0.1) is 0 Å². The van der Waals surface area contributed by atoms with Crippen molar-refractivity contribution in [1.82, 2.24) is 4.98 Å². The fourth-order valence-corrected chi connectivity index (χ4v) is 1.45. The summed E-state index contributed by atoms with van der Waals surface area (Å²) in [5.41, 5.74) is 8.15. The van der Waals surface area contributed by atoms with Gasteiger partial charge in [0.15, 0.2) is 0 Å². The van der Waals surface area contributed by atoms with Crippen molar-refractivity contribution >= 4 is 28.8 Å². The first-order valence-corrected chi connectivity index (χ1v) is 5.28. The number of nitrogen functional groups attached to an aromatic ring is 1. The molecule has 4 heteroatoms. The maximum atomic E-state index is 5.80. The molecular formula is C12H12ClN3. The highest BCUT2D eigenvalue weighted by atomic mass is 35.5. The Labute approximate surface area is 99.3 Å². The van der Waals surface area contributed by atoms with Crippen LogP contribution < -0.4 is 11.1 Å². The number of rotatable bonds is 2. The van der Waals surface area contributed by atoms with Gasteiger partial charge in [0.1, 0.15) is 5.82 Å². The van der Waals surface area contributed by atoms with E-state index in [1.165, 1.54) is 0 Å². The van der Waals surface area contributed by atoms with Crippen molar-refractivity contribution in [3.63, 3.8) is 0 Å². The van der Waals surface area contributed by atoms with Gasteiger partial charge in [0.05, 0.1) is 11.4 Å². The van der Waals surface area contributed by atoms with Gasteiger partial charge in [-0.25, -0.2) is 4.98 Å². The highest BCUT2D eigenvalue weighted by molar-refractivity contribution is 6.30. The predicted molar refractivity (Wildman–Crippen MR) is 68.1 cm³/mol. The van der Waals surface area contributed by atoms with Gasteiger partial charge in [0.2, 0.25) is 0 Å². The second kappa shape index (κ2) is 4.41. The number of nitrogens with zero attached hydrogens (tertiary/aromatic N) is 1. The van der Waals surface area contributed by atoms with Gasteiger partial charge >= 0.3 is 0 Å². The molecule has 0 unspecified atom stereocenters. The zero-order valence-electron chi connectivity index (χ0n) is 8.87. The zero-order valence-corrected chi connectivity index (χ0v) is 9.62. The molecule has 0 saturated heterocycles. The average molecular weight is 234 g/mol. The van der Waals surface area contributed by atoms with Crippen LogP contribution in [0.4, 0.5) is 17.2 Å².